The highest BCUT2D eigenvalue weighted by Gasteiger charge is 2.13. The van der Waals surface area contributed by atoms with E-state index in [-0.39, 0.29) is 31.1 Å². The van der Waals surface area contributed by atoms with E-state index in [0.29, 0.717) is 32.8 Å². The molecule has 0 aliphatic heterocycles. The van der Waals surface area contributed by atoms with E-state index in [1.165, 1.54) is 29.7 Å². The number of halogens is 1. The molecule has 9 nitrogen and oxygen atoms in total. The number of amides is 1. The maximum atomic E-state index is 12.3. The quantitative estimate of drug-likeness (QED) is 0.348. The van der Waals surface area contributed by atoms with Gasteiger partial charge in [0.05, 0.1) is 11.9 Å². The molecule has 10 heteroatoms. The lowest BCUT2D eigenvalue weighted by molar-refractivity contribution is -0.145. The van der Waals surface area contributed by atoms with Gasteiger partial charge in [-0.25, -0.2) is 9.59 Å². The van der Waals surface area contributed by atoms with Crippen LogP contribution in [0.4, 0.5) is 5.69 Å². The first-order valence-electron chi connectivity index (χ1n) is 9.59. The Morgan fingerprint density at radius 1 is 1.06 bits per heavy atom. The van der Waals surface area contributed by atoms with Crippen molar-refractivity contribution in [2.75, 3.05) is 5.32 Å². The summed E-state index contributed by atoms with van der Waals surface area (Å²) < 4.78 is 16.9. The van der Waals surface area contributed by atoms with Crippen LogP contribution in [0.25, 0.3) is 22.1 Å². The molecule has 0 fully saturated rings. The van der Waals surface area contributed by atoms with Crippen molar-refractivity contribution in [2.24, 2.45) is 0 Å². The van der Waals surface area contributed by atoms with Gasteiger partial charge in [0, 0.05) is 53.3 Å². The lowest BCUT2D eigenvalue weighted by Crippen LogP contribution is -2.17. The molecule has 2 heterocycles. The summed E-state index contributed by atoms with van der Waals surface area (Å²) in [6.45, 7) is 1.27. The number of aryl methyl sites for hydroxylation is 1. The first kappa shape index (κ1) is 21.4. The molecule has 4 rings (SSSR count). The number of anilines is 1. The van der Waals surface area contributed by atoms with Gasteiger partial charge in [-0.05, 0) is 24.3 Å². The summed E-state index contributed by atoms with van der Waals surface area (Å²) in [4.78, 5) is 47.4. The molecule has 0 bridgehead atoms. The number of carbonyl (C=O) groups excluding carboxylic acids is 2. The fourth-order valence-electron chi connectivity index (χ4n) is 3.32. The number of carbonyl (C=O) groups is 2. The van der Waals surface area contributed by atoms with Crippen LogP contribution in [0, 0.1) is 0 Å². The van der Waals surface area contributed by atoms with Crippen LogP contribution in [0.15, 0.2) is 60.9 Å². The third-order valence-electron chi connectivity index (χ3n) is 4.71. The van der Waals surface area contributed by atoms with E-state index >= 15 is 0 Å². The van der Waals surface area contributed by atoms with E-state index in [1.807, 2.05) is 0 Å². The number of rotatable bonds is 6. The van der Waals surface area contributed by atoms with Gasteiger partial charge in [0.1, 0.15) is 12.2 Å². The highest BCUT2D eigenvalue weighted by atomic mass is 35.5. The average molecular weight is 457 g/mol. The number of hydrogen-bond donors (Lipinski definition) is 1. The van der Waals surface area contributed by atoms with Gasteiger partial charge in [0.2, 0.25) is 5.91 Å². The van der Waals surface area contributed by atoms with Gasteiger partial charge >= 0.3 is 17.4 Å². The minimum absolute atomic E-state index is 0.0596. The van der Waals surface area contributed by atoms with Crippen molar-refractivity contribution in [1.29, 1.82) is 0 Å². The van der Waals surface area contributed by atoms with Crippen LogP contribution in [-0.4, -0.2) is 16.4 Å². The first-order chi connectivity index (χ1) is 15.3. The van der Waals surface area contributed by atoms with Crippen LogP contribution in [-0.2, 0) is 27.5 Å². The standard InChI is InChI=1S/C22H17ClN2O7/c1-12(26)24-15-3-4-16-13(8-21(28)31-18(16)10-15)11-30-20(27)6-7-25-17-5-2-14(23)9-19(17)32-22(25)29/h2-5,8-10H,6-7,11H2,1H3,(H,24,26). The highest BCUT2D eigenvalue weighted by Crippen LogP contribution is 2.22. The second-order valence-electron chi connectivity index (χ2n) is 7.03. The number of aromatic nitrogens is 1. The number of fused-ring (bicyclic) bond motifs is 2. The molecule has 32 heavy (non-hydrogen) atoms. The number of hydrogen-bond acceptors (Lipinski definition) is 7. The molecule has 1 amide bonds. The molecule has 4 aromatic rings. The number of benzene rings is 2. The van der Waals surface area contributed by atoms with Gasteiger partial charge in [-0.2, -0.15) is 0 Å². The molecule has 0 spiro atoms. The van der Waals surface area contributed by atoms with Crippen molar-refractivity contribution in [2.45, 2.75) is 26.5 Å². The minimum Gasteiger partial charge on any atom is -0.461 e. The fraction of sp³-hybridized carbons (Fsp3) is 0.182. The van der Waals surface area contributed by atoms with E-state index in [4.69, 9.17) is 25.2 Å². The minimum atomic E-state index is -0.612. The number of esters is 1. The zero-order valence-corrected chi connectivity index (χ0v) is 17.6. The van der Waals surface area contributed by atoms with Crippen molar-refractivity contribution >= 4 is 51.2 Å². The Morgan fingerprint density at radius 2 is 1.88 bits per heavy atom. The van der Waals surface area contributed by atoms with Crippen molar-refractivity contribution in [3.8, 4) is 0 Å². The molecule has 0 saturated heterocycles. The Morgan fingerprint density at radius 3 is 2.66 bits per heavy atom. The van der Waals surface area contributed by atoms with Crippen LogP contribution in [0.3, 0.4) is 0 Å². The van der Waals surface area contributed by atoms with Crippen molar-refractivity contribution in [3.63, 3.8) is 0 Å². The predicted molar refractivity (Wildman–Crippen MR) is 117 cm³/mol. The summed E-state index contributed by atoms with van der Waals surface area (Å²) >= 11 is 5.90. The smallest absolute Gasteiger partial charge is 0.419 e. The van der Waals surface area contributed by atoms with Gasteiger partial charge in [0.25, 0.3) is 0 Å². The van der Waals surface area contributed by atoms with Crippen molar-refractivity contribution in [3.05, 3.63) is 74.0 Å². The van der Waals surface area contributed by atoms with Gasteiger partial charge in [0.15, 0.2) is 5.58 Å². The Bertz CT molecular complexity index is 1460. The zero-order chi connectivity index (χ0) is 22.8. The first-order valence-corrected chi connectivity index (χ1v) is 9.97. The Balaban J connectivity index is 1.46. The van der Waals surface area contributed by atoms with E-state index < -0.39 is 17.4 Å². The predicted octanol–water partition coefficient (Wildman–Crippen LogP) is 3.45. The van der Waals surface area contributed by atoms with E-state index in [0.717, 1.165) is 0 Å². The summed E-state index contributed by atoms with van der Waals surface area (Å²) in [7, 11) is 0. The summed E-state index contributed by atoms with van der Waals surface area (Å²) in [6.07, 6.45) is -0.0801. The molecule has 2 aromatic heterocycles. The van der Waals surface area contributed by atoms with Crippen LogP contribution in [0.5, 0.6) is 0 Å². The lowest BCUT2D eigenvalue weighted by atomic mass is 10.1. The molecule has 0 atom stereocenters. The maximum Gasteiger partial charge on any atom is 0.419 e. The van der Waals surface area contributed by atoms with Gasteiger partial charge in [-0.1, -0.05) is 11.6 Å². The molecule has 1 N–H and O–H groups in total. The summed E-state index contributed by atoms with van der Waals surface area (Å²) in [5.41, 5.74) is 1.43. The monoisotopic (exact) mass is 456 g/mol. The number of oxazole rings is 1. The second-order valence-corrected chi connectivity index (χ2v) is 7.46. The summed E-state index contributed by atoms with van der Waals surface area (Å²) in [6, 6.07) is 10.9. The highest BCUT2D eigenvalue weighted by molar-refractivity contribution is 6.31. The number of nitrogens with zero attached hydrogens (tertiary/aromatic N) is 1. The van der Waals surface area contributed by atoms with E-state index in [9.17, 15) is 19.2 Å². The Labute approximate surface area is 185 Å². The second kappa shape index (κ2) is 8.72. The topological polar surface area (TPSA) is 121 Å². The molecule has 0 aliphatic carbocycles. The zero-order valence-electron chi connectivity index (χ0n) is 16.8. The lowest BCUT2D eigenvalue weighted by Gasteiger charge is -2.09. The maximum absolute atomic E-state index is 12.3. The molecule has 2 aromatic carbocycles. The fourth-order valence-corrected chi connectivity index (χ4v) is 3.48. The van der Waals surface area contributed by atoms with Gasteiger partial charge in [-0.3, -0.25) is 14.2 Å². The summed E-state index contributed by atoms with van der Waals surface area (Å²) in [5, 5.41) is 3.61. The molecule has 0 unspecified atom stereocenters. The molecular formula is C22H17ClN2O7. The normalized spacial score (nSPS) is 11.1. The van der Waals surface area contributed by atoms with Crippen LogP contribution < -0.4 is 16.7 Å². The van der Waals surface area contributed by atoms with Crippen LogP contribution in [0.2, 0.25) is 5.02 Å². The molecule has 164 valence electrons. The summed E-state index contributed by atoms with van der Waals surface area (Å²) in [5.74, 6) is -1.42. The number of ether oxygens (including phenoxy) is 1. The average Bonchev–Trinajstić information content (AvgIpc) is 3.03. The third kappa shape index (κ3) is 4.57. The molecular weight excluding hydrogens is 440 g/mol. The third-order valence-corrected chi connectivity index (χ3v) is 4.94. The van der Waals surface area contributed by atoms with Crippen LogP contribution in [0.1, 0.15) is 18.9 Å². The van der Waals surface area contributed by atoms with Crippen molar-refractivity contribution < 1.29 is 23.2 Å². The molecule has 0 saturated carbocycles. The van der Waals surface area contributed by atoms with Crippen molar-refractivity contribution in [1.82, 2.24) is 4.57 Å². The van der Waals surface area contributed by atoms with Gasteiger partial charge < -0.3 is 18.9 Å². The van der Waals surface area contributed by atoms with Gasteiger partial charge in [-0.15, -0.1) is 0 Å². The molecule has 0 radical (unpaired) electrons. The Hall–Kier alpha value is -3.85. The largest absolute Gasteiger partial charge is 0.461 e. The Kier molecular flexibility index (Phi) is 5.83. The van der Waals surface area contributed by atoms with Crippen LogP contribution >= 0.6 is 11.6 Å². The number of nitrogens with one attached hydrogen (secondary N) is 1. The van der Waals surface area contributed by atoms with E-state index in [1.54, 1.807) is 24.3 Å². The van der Waals surface area contributed by atoms with E-state index in [2.05, 4.69) is 5.32 Å². The SMILES string of the molecule is CC(=O)Nc1ccc2c(COC(=O)CCn3c(=O)oc4cc(Cl)ccc43)cc(=O)oc2c1. The molecule has 0 aliphatic rings.